The molecular formula is C16H18FNO3. The van der Waals surface area contributed by atoms with Crippen LogP contribution in [0.15, 0.2) is 30.3 Å². The van der Waals surface area contributed by atoms with Crippen molar-refractivity contribution in [2.45, 2.75) is 31.7 Å². The normalized spacial score (nSPS) is 21.9. The number of carboxylic acid groups (broad SMARTS) is 1. The van der Waals surface area contributed by atoms with E-state index in [4.69, 9.17) is 0 Å². The highest BCUT2D eigenvalue weighted by Gasteiger charge is 2.47. The first kappa shape index (κ1) is 15.2. The molecular weight excluding hydrogens is 273 g/mol. The van der Waals surface area contributed by atoms with E-state index in [1.165, 1.54) is 23.1 Å². The summed E-state index contributed by atoms with van der Waals surface area (Å²) in [6, 6.07) is 5.75. The Balaban J connectivity index is 2.15. The quantitative estimate of drug-likeness (QED) is 0.868. The summed E-state index contributed by atoms with van der Waals surface area (Å²) in [7, 11) is 0. The highest BCUT2D eigenvalue weighted by atomic mass is 19.1. The average molecular weight is 291 g/mol. The number of hydrogen-bond donors (Lipinski definition) is 1. The fourth-order valence-corrected chi connectivity index (χ4v) is 2.77. The van der Waals surface area contributed by atoms with Crippen molar-refractivity contribution in [3.05, 3.63) is 41.7 Å². The zero-order chi connectivity index (χ0) is 15.5. The smallest absolute Gasteiger partial charge is 0.329 e. The predicted octanol–water partition coefficient (Wildman–Crippen LogP) is 2.69. The molecule has 1 unspecified atom stereocenters. The summed E-state index contributed by atoms with van der Waals surface area (Å²) in [6.45, 7) is 2.23. The molecule has 4 nitrogen and oxygen atoms in total. The number of likely N-dealkylation sites (tertiary alicyclic amines) is 1. The molecule has 112 valence electrons. The predicted molar refractivity (Wildman–Crippen MR) is 77.0 cm³/mol. The fourth-order valence-electron chi connectivity index (χ4n) is 2.77. The first-order chi connectivity index (χ1) is 9.99. The Kier molecular flexibility index (Phi) is 4.40. The monoisotopic (exact) mass is 291 g/mol. The zero-order valence-corrected chi connectivity index (χ0v) is 11.9. The Morgan fingerprint density at radius 3 is 2.62 bits per heavy atom. The molecule has 1 atom stereocenters. The number of carboxylic acids is 1. The van der Waals surface area contributed by atoms with Crippen molar-refractivity contribution >= 4 is 18.0 Å². The van der Waals surface area contributed by atoms with Crippen LogP contribution in [0, 0.1) is 5.82 Å². The average Bonchev–Trinajstić information content (AvgIpc) is 2.91. The number of aliphatic carboxylic acids is 1. The second-order valence-corrected chi connectivity index (χ2v) is 5.17. The van der Waals surface area contributed by atoms with Gasteiger partial charge in [-0.2, -0.15) is 0 Å². The van der Waals surface area contributed by atoms with E-state index in [0.29, 0.717) is 31.4 Å². The number of carbonyl (C=O) groups is 2. The number of halogens is 1. The lowest BCUT2D eigenvalue weighted by molar-refractivity contribution is -0.155. The highest BCUT2D eigenvalue weighted by Crippen LogP contribution is 2.33. The molecule has 1 aromatic carbocycles. The van der Waals surface area contributed by atoms with Crippen LogP contribution in [0.25, 0.3) is 6.08 Å². The van der Waals surface area contributed by atoms with Gasteiger partial charge < -0.3 is 10.0 Å². The van der Waals surface area contributed by atoms with E-state index in [-0.39, 0.29) is 11.7 Å². The summed E-state index contributed by atoms with van der Waals surface area (Å²) < 4.78 is 12.8. The molecule has 0 aromatic heterocycles. The van der Waals surface area contributed by atoms with Gasteiger partial charge in [-0.1, -0.05) is 19.1 Å². The van der Waals surface area contributed by atoms with Crippen LogP contribution in [0.4, 0.5) is 4.39 Å². The van der Waals surface area contributed by atoms with E-state index < -0.39 is 11.5 Å². The van der Waals surface area contributed by atoms with E-state index in [1.54, 1.807) is 25.1 Å². The second-order valence-electron chi connectivity index (χ2n) is 5.17. The third kappa shape index (κ3) is 2.96. The van der Waals surface area contributed by atoms with Gasteiger partial charge in [-0.25, -0.2) is 9.18 Å². The minimum absolute atomic E-state index is 0.318. The number of benzene rings is 1. The van der Waals surface area contributed by atoms with Gasteiger partial charge in [-0.05, 0) is 43.0 Å². The Hall–Kier alpha value is -2.17. The maximum atomic E-state index is 12.8. The minimum atomic E-state index is -1.09. The van der Waals surface area contributed by atoms with Crippen molar-refractivity contribution in [1.82, 2.24) is 4.90 Å². The fraction of sp³-hybridized carbons (Fsp3) is 0.375. The molecule has 1 amide bonds. The van der Waals surface area contributed by atoms with Crippen LogP contribution in [0.3, 0.4) is 0 Å². The first-order valence-corrected chi connectivity index (χ1v) is 6.98. The van der Waals surface area contributed by atoms with Crippen molar-refractivity contribution in [2.75, 3.05) is 6.54 Å². The molecule has 0 radical (unpaired) electrons. The number of hydrogen-bond acceptors (Lipinski definition) is 2. The second kappa shape index (κ2) is 6.08. The number of rotatable bonds is 4. The van der Waals surface area contributed by atoms with Gasteiger partial charge >= 0.3 is 5.97 Å². The van der Waals surface area contributed by atoms with E-state index in [0.717, 1.165) is 0 Å². The van der Waals surface area contributed by atoms with Gasteiger partial charge in [0.05, 0.1) is 0 Å². The maximum Gasteiger partial charge on any atom is 0.329 e. The third-order valence-corrected chi connectivity index (χ3v) is 4.03. The SMILES string of the molecule is CCC1(C(=O)O)CCCN1C(=O)/C=C/c1ccc(F)cc1. The van der Waals surface area contributed by atoms with Gasteiger partial charge in [0.2, 0.25) is 5.91 Å². The van der Waals surface area contributed by atoms with Crippen LogP contribution in [0.5, 0.6) is 0 Å². The Labute approximate surface area is 122 Å². The largest absolute Gasteiger partial charge is 0.479 e. The van der Waals surface area contributed by atoms with Crippen LogP contribution < -0.4 is 0 Å². The summed E-state index contributed by atoms with van der Waals surface area (Å²) in [6.07, 6.45) is 4.48. The van der Waals surface area contributed by atoms with Crippen molar-refractivity contribution in [2.24, 2.45) is 0 Å². The Morgan fingerprint density at radius 2 is 2.05 bits per heavy atom. The molecule has 0 spiro atoms. The van der Waals surface area contributed by atoms with E-state index in [2.05, 4.69) is 0 Å². The van der Waals surface area contributed by atoms with E-state index >= 15 is 0 Å². The van der Waals surface area contributed by atoms with Crippen molar-refractivity contribution in [1.29, 1.82) is 0 Å². The van der Waals surface area contributed by atoms with Gasteiger partial charge in [-0.3, -0.25) is 4.79 Å². The van der Waals surface area contributed by atoms with Gasteiger partial charge in [0.15, 0.2) is 0 Å². The molecule has 1 fully saturated rings. The molecule has 1 heterocycles. The van der Waals surface area contributed by atoms with E-state index in [1.807, 2.05) is 0 Å². The molecule has 0 bridgehead atoms. The molecule has 1 aliphatic rings. The molecule has 1 aliphatic heterocycles. The minimum Gasteiger partial charge on any atom is -0.479 e. The standard InChI is InChI=1S/C16H18FNO3/c1-2-16(15(20)21)10-3-11-18(16)14(19)9-6-12-4-7-13(17)8-5-12/h4-9H,2-3,10-11H2,1H3,(H,20,21)/b9-6+. The van der Waals surface area contributed by atoms with Crippen LogP contribution >= 0.6 is 0 Å². The summed E-state index contributed by atoms with van der Waals surface area (Å²) in [5.74, 6) is -1.61. The van der Waals surface area contributed by atoms with Crippen molar-refractivity contribution in [3.8, 4) is 0 Å². The molecule has 21 heavy (non-hydrogen) atoms. The first-order valence-electron chi connectivity index (χ1n) is 6.98. The molecule has 2 rings (SSSR count). The molecule has 0 saturated carbocycles. The summed E-state index contributed by atoms with van der Waals surface area (Å²) in [5, 5.41) is 9.44. The number of nitrogens with zero attached hydrogens (tertiary/aromatic N) is 1. The molecule has 0 aliphatic carbocycles. The van der Waals surface area contributed by atoms with Gasteiger partial charge in [0.25, 0.3) is 0 Å². The van der Waals surface area contributed by atoms with Crippen LogP contribution in [0.2, 0.25) is 0 Å². The lowest BCUT2D eigenvalue weighted by Crippen LogP contribution is -2.52. The molecule has 1 N–H and O–H groups in total. The van der Waals surface area contributed by atoms with E-state index in [9.17, 15) is 19.1 Å². The van der Waals surface area contributed by atoms with Crippen molar-refractivity contribution in [3.63, 3.8) is 0 Å². The van der Waals surface area contributed by atoms with Gasteiger partial charge in [0, 0.05) is 12.6 Å². The molecule has 1 saturated heterocycles. The topological polar surface area (TPSA) is 57.6 Å². The Bertz CT molecular complexity index is 567. The summed E-state index contributed by atoms with van der Waals surface area (Å²) in [5.41, 5.74) is -0.397. The summed E-state index contributed by atoms with van der Waals surface area (Å²) in [4.78, 5) is 25.2. The zero-order valence-electron chi connectivity index (χ0n) is 11.9. The van der Waals surface area contributed by atoms with Gasteiger partial charge in [0.1, 0.15) is 11.4 Å². The van der Waals surface area contributed by atoms with Gasteiger partial charge in [-0.15, -0.1) is 0 Å². The van der Waals surface area contributed by atoms with Crippen molar-refractivity contribution < 1.29 is 19.1 Å². The highest BCUT2D eigenvalue weighted by molar-refractivity contribution is 5.96. The van der Waals surface area contributed by atoms with Crippen LogP contribution in [-0.2, 0) is 9.59 Å². The number of carbonyl (C=O) groups excluding carboxylic acids is 1. The van der Waals surface area contributed by atoms with Crippen LogP contribution in [0.1, 0.15) is 31.7 Å². The molecule has 5 heteroatoms. The number of amides is 1. The lowest BCUT2D eigenvalue weighted by Gasteiger charge is -2.33. The Morgan fingerprint density at radius 1 is 1.38 bits per heavy atom. The molecule has 1 aromatic rings. The lowest BCUT2D eigenvalue weighted by atomic mass is 9.93. The maximum absolute atomic E-state index is 12.8. The summed E-state index contributed by atoms with van der Waals surface area (Å²) >= 11 is 0. The van der Waals surface area contributed by atoms with Crippen LogP contribution in [-0.4, -0.2) is 34.0 Å². The third-order valence-electron chi connectivity index (χ3n) is 4.03.